The molecule has 0 heterocycles. The highest BCUT2D eigenvalue weighted by molar-refractivity contribution is 9.10. The zero-order valence-electron chi connectivity index (χ0n) is 11.3. The molecule has 2 aromatic carbocycles. The first kappa shape index (κ1) is 16.3. The standard InChI is InChI=1S/C16H12BrClN2O2/c17-11-5-6-14(13(9-11)16(19)22)20-15(21)7-4-10-2-1-3-12(18)8-10/h1-9H,(H2,19,22)(H,20,21)/b7-4+. The molecule has 2 aromatic rings. The van der Waals surface area contributed by atoms with E-state index in [0.29, 0.717) is 15.2 Å². The summed E-state index contributed by atoms with van der Waals surface area (Å²) in [6, 6.07) is 12.0. The summed E-state index contributed by atoms with van der Waals surface area (Å²) in [7, 11) is 0. The Hall–Kier alpha value is -2.11. The predicted molar refractivity (Wildman–Crippen MR) is 91.8 cm³/mol. The molecule has 6 heteroatoms. The first-order valence-electron chi connectivity index (χ1n) is 6.29. The number of hydrogen-bond acceptors (Lipinski definition) is 2. The van der Waals surface area contributed by atoms with Crippen LogP contribution in [-0.4, -0.2) is 11.8 Å². The maximum Gasteiger partial charge on any atom is 0.250 e. The number of carbonyl (C=O) groups excluding carboxylic acids is 2. The minimum atomic E-state index is -0.615. The molecule has 0 aliphatic heterocycles. The van der Waals surface area contributed by atoms with E-state index in [4.69, 9.17) is 17.3 Å². The third-order valence-electron chi connectivity index (χ3n) is 2.78. The summed E-state index contributed by atoms with van der Waals surface area (Å²) in [5.41, 5.74) is 6.69. The maximum atomic E-state index is 11.9. The van der Waals surface area contributed by atoms with Gasteiger partial charge in [-0.15, -0.1) is 0 Å². The number of halogens is 2. The van der Waals surface area contributed by atoms with Crippen molar-refractivity contribution in [3.05, 3.63) is 69.2 Å². The highest BCUT2D eigenvalue weighted by atomic mass is 79.9. The summed E-state index contributed by atoms with van der Waals surface area (Å²) >= 11 is 9.12. The van der Waals surface area contributed by atoms with E-state index in [0.717, 1.165) is 5.56 Å². The van der Waals surface area contributed by atoms with Crippen molar-refractivity contribution in [2.75, 3.05) is 5.32 Å². The van der Waals surface area contributed by atoms with Gasteiger partial charge in [0, 0.05) is 15.6 Å². The quantitative estimate of drug-likeness (QED) is 0.792. The molecule has 0 unspecified atom stereocenters. The minimum Gasteiger partial charge on any atom is -0.366 e. The van der Waals surface area contributed by atoms with Crippen LogP contribution in [-0.2, 0) is 4.79 Å². The molecule has 112 valence electrons. The Morgan fingerprint density at radius 1 is 1.18 bits per heavy atom. The molecule has 0 aliphatic rings. The Balaban J connectivity index is 2.14. The van der Waals surface area contributed by atoms with Gasteiger partial charge in [0.2, 0.25) is 5.91 Å². The molecule has 0 spiro atoms. The molecule has 0 radical (unpaired) electrons. The van der Waals surface area contributed by atoms with Gasteiger partial charge in [0.1, 0.15) is 0 Å². The van der Waals surface area contributed by atoms with E-state index >= 15 is 0 Å². The number of rotatable bonds is 4. The Kier molecular flexibility index (Phi) is 5.35. The summed E-state index contributed by atoms with van der Waals surface area (Å²) in [4.78, 5) is 23.3. The summed E-state index contributed by atoms with van der Waals surface area (Å²) in [5, 5.41) is 3.21. The number of anilines is 1. The third-order valence-corrected chi connectivity index (χ3v) is 3.51. The first-order valence-corrected chi connectivity index (χ1v) is 7.47. The van der Waals surface area contributed by atoms with Crippen LogP contribution in [0.15, 0.2) is 53.0 Å². The van der Waals surface area contributed by atoms with E-state index in [1.807, 2.05) is 6.07 Å². The first-order chi connectivity index (χ1) is 10.5. The van der Waals surface area contributed by atoms with Gasteiger partial charge in [-0.05, 0) is 42.0 Å². The summed E-state index contributed by atoms with van der Waals surface area (Å²) < 4.78 is 0.703. The van der Waals surface area contributed by atoms with E-state index in [1.54, 1.807) is 42.5 Å². The van der Waals surface area contributed by atoms with Gasteiger partial charge in [-0.2, -0.15) is 0 Å². The van der Waals surface area contributed by atoms with Crippen LogP contribution in [0.1, 0.15) is 15.9 Å². The Morgan fingerprint density at radius 2 is 1.95 bits per heavy atom. The second-order valence-electron chi connectivity index (χ2n) is 4.43. The zero-order chi connectivity index (χ0) is 16.1. The number of hydrogen-bond donors (Lipinski definition) is 2. The molecular weight excluding hydrogens is 368 g/mol. The lowest BCUT2D eigenvalue weighted by atomic mass is 10.1. The van der Waals surface area contributed by atoms with Crippen LogP contribution < -0.4 is 11.1 Å². The number of primary amides is 1. The number of amides is 2. The van der Waals surface area contributed by atoms with Crippen LogP contribution in [0.25, 0.3) is 6.08 Å². The van der Waals surface area contributed by atoms with Gasteiger partial charge < -0.3 is 11.1 Å². The fourth-order valence-corrected chi connectivity index (χ4v) is 2.35. The van der Waals surface area contributed by atoms with Gasteiger partial charge in [-0.1, -0.05) is 39.7 Å². The predicted octanol–water partition coefficient (Wildman–Crippen LogP) is 3.85. The van der Waals surface area contributed by atoms with Crippen molar-refractivity contribution in [1.29, 1.82) is 0 Å². The van der Waals surface area contributed by atoms with Gasteiger partial charge in [0.15, 0.2) is 0 Å². The van der Waals surface area contributed by atoms with Gasteiger partial charge in [-0.3, -0.25) is 9.59 Å². The summed E-state index contributed by atoms with van der Waals surface area (Å²) in [5.74, 6) is -0.986. The molecule has 22 heavy (non-hydrogen) atoms. The van der Waals surface area contributed by atoms with Crippen molar-refractivity contribution in [2.24, 2.45) is 5.73 Å². The molecule has 2 amide bonds. The van der Waals surface area contributed by atoms with Crippen molar-refractivity contribution in [1.82, 2.24) is 0 Å². The van der Waals surface area contributed by atoms with E-state index in [2.05, 4.69) is 21.2 Å². The van der Waals surface area contributed by atoms with Gasteiger partial charge >= 0.3 is 0 Å². The fourth-order valence-electron chi connectivity index (χ4n) is 1.79. The molecule has 4 nitrogen and oxygen atoms in total. The SMILES string of the molecule is NC(=O)c1cc(Br)ccc1NC(=O)/C=C/c1cccc(Cl)c1. The van der Waals surface area contributed by atoms with E-state index in [1.165, 1.54) is 6.08 Å². The molecule has 0 atom stereocenters. The molecule has 0 aromatic heterocycles. The van der Waals surface area contributed by atoms with Crippen LogP contribution in [0.4, 0.5) is 5.69 Å². The normalized spacial score (nSPS) is 10.6. The second-order valence-corrected chi connectivity index (χ2v) is 5.78. The Bertz CT molecular complexity index is 760. The van der Waals surface area contributed by atoms with Crippen molar-refractivity contribution in [2.45, 2.75) is 0 Å². The molecule has 0 bridgehead atoms. The van der Waals surface area contributed by atoms with Crippen LogP contribution in [0.2, 0.25) is 5.02 Å². The van der Waals surface area contributed by atoms with Crippen LogP contribution in [0.5, 0.6) is 0 Å². The Morgan fingerprint density at radius 3 is 2.64 bits per heavy atom. The molecule has 0 fully saturated rings. The molecule has 3 N–H and O–H groups in total. The number of carbonyl (C=O) groups is 2. The highest BCUT2D eigenvalue weighted by Crippen LogP contribution is 2.21. The monoisotopic (exact) mass is 378 g/mol. The van der Waals surface area contributed by atoms with Gasteiger partial charge in [-0.25, -0.2) is 0 Å². The molecule has 2 rings (SSSR count). The molecular formula is C16H12BrClN2O2. The number of nitrogens with two attached hydrogens (primary N) is 1. The lowest BCUT2D eigenvalue weighted by molar-refractivity contribution is -0.111. The van der Waals surface area contributed by atoms with E-state index in [9.17, 15) is 9.59 Å². The number of nitrogens with one attached hydrogen (secondary N) is 1. The van der Waals surface area contributed by atoms with Crippen LogP contribution in [0.3, 0.4) is 0 Å². The van der Waals surface area contributed by atoms with Gasteiger partial charge in [0.25, 0.3) is 5.91 Å². The summed E-state index contributed by atoms with van der Waals surface area (Å²) in [6.07, 6.45) is 2.99. The maximum absolute atomic E-state index is 11.9. The zero-order valence-corrected chi connectivity index (χ0v) is 13.7. The highest BCUT2D eigenvalue weighted by Gasteiger charge is 2.10. The Labute approximate surface area is 141 Å². The molecule has 0 saturated heterocycles. The lowest BCUT2D eigenvalue weighted by Gasteiger charge is -2.07. The van der Waals surface area contributed by atoms with Crippen molar-refractivity contribution >= 4 is 51.1 Å². The smallest absolute Gasteiger partial charge is 0.250 e. The second kappa shape index (κ2) is 7.24. The average Bonchev–Trinajstić information content (AvgIpc) is 2.47. The lowest BCUT2D eigenvalue weighted by Crippen LogP contribution is -2.16. The van der Waals surface area contributed by atoms with Gasteiger partial charge in [0.05, 0.1) is 11.3 Å². The van der Waals surface area contributed by atoms with Crippen molar-refractivity contribution in [3.8, 4) is 0 Å². The van der Waals surface area contributed by atoms with Crippen molar-refractivity contribution < 1.29 is 9.59 Å². The number of benzene rings is 2. The minimum absolute atomic E-state index is 0.235. The largest absolute Gasteiger partial charge is 0.366 e. The van der Waals surface area contributed by atoms with Crippen LogP contribution >= 0.6 is 27.5 Å². The molecule has 0 aliphatic carbocycles. The third kappa shape index (κ3) is 4.44. The topological polar surface area (TPSA) is 72.2 Å². The average molecular weight is 380 g/mol. The van der Waals surface area contributed by atoms with E-state index < -0.39 is 5.91 Å². The van der Waals surface area contributed by atoms with Crippen molar-refractivity contribution in [3.63, 3.8) is 0 Å². The summed E-state index contributed by atoms with van der Waals surface area (Å²) in [6.45, 7) is 0. The van der Waals surface area contributed by atoms with Crippen LogP contribution in [0, 0.1) is 0 Å². The molecule has 0 saturated carbocycles. The van der Waals surface area contributed by atoms with E-state index in [-0.39, 0.29) is 11.5 Å². The fraction of sp³-hybridized carbons (Fsp3) is 0.